The normalized spacial score (nSPS) is 21.8. The number of hydrogen-bond donors (Lipinski definition) is 0. The van der Waals surface area contributed by atoms with Gasteiger partial charge in [-0.2, -0.15) is 0 Å². The van der Waals surface area contributed by atoms with Crippen molar-refractivity contribution in [1.29, 1.82) is 0 Å². The molecule has 1 aliphatic rings. The first-order valence-corrected chi connectivity index (χ1v) is 7.27. The van der Waals surface area contributed by atoms with Gasteiger partial charge in [-0.25, -0.2) is 0 Å². The Labute approximate surface area is 99.3 Å². The van der Waals surface area contributed by atoms with Crippen molar-refractivity contribution in [2.24, 2.45) is 0 Å². The van der Waals surface area contributed by atoms with Crippen LogP contribution >= 0.6 is 0 Å². The van der Waals surface area contributed by atoms with Gasteiger partial charge in [0.1, 0.15) is 6.10 Å². The van der Waals surface area contributed by atoms with Crippen LogP contribution in [0.2, 0.25) is 6.04 Å². The molecular weight excluding hydrogens is 228 g/mol. The van der Waals surface area contributed by atoms with Crippen LogP contribution in [-0.4, -0.2) is 62.8 Å². The van der Waals surface area contributed by atoms with Crippen molar-refractivity contribution in [3.63, 3.8) is 0 Å². The van der Waals surface area contributed by atoms with Crippen LogP contribution in [0.3, 0.4) is 0 Å². The monoisotopic (exact) mass is 250 g/mol. The van der Waals surface area contributed by atoms with Gasteiger partial charge in [0, 0.05) is 20.8 Å². The maximum absolute atomic E-state index is 5.58. The van der Waals surface area contributed by atoms with E-state index in [9.17, 15) is 0 Å². The summed E-state index contributed by atoms with van der Waals surface area (Å²) < 4.78 is 26.1. The highest BCUT2D eigenvalue weighted by atomic mass is 28.2. The highest BCUT2D eigenvalue weighted by Gasteiger charge is 2.21. The molecule has 6 heteroatoms. The molecule has 0 aliphatic carbocycles. The Morgan fingerprint density at radius 2 is 2.25 bits per heavy atom. The third kappa shape index (κ3) is 7.32. The molecule has 0 aromatic heterocycles. The van der Waals surface area contributed by atoms with E-state index in [0.29, 0.717) is 12.7 Å². The van der Waals surface area contributed by atoms with Crippen molar-refractivity contribution >= 4 is 9.76 Å². The molecule has 0 bridgehead atoms. The Balaban J connectivity index is 1.78. The molecule has 2 unspecified atom stereocenters. The van der Waals surface area contributed by atoms with E-state index >= 15 is 0 Å². The lowest BCUT2D eigenvalue weighted by Gasteiger charge is -2.15. The molecule has 0 saturated carbocycles. The van der Waals surface area contributed by atoms with Crippen LogP contribution in [0.5, 0.6) is 0 Å². The molecule has 0 aromatic carbocycles. The van der Waals surface area contributed by atoms with Crippen LogP contribution in [0.25, 0.3) is 0 Å². The van der Waals surface area contributed by atoms with Crippen LogP contribution in [0.4, 0.5) is 0 Å². The molecule has 2 atom stereocenters. The van der Waals surface area contributed by atoms with Crippen molar-refractivity contribution in [2.45, 2.75) is 24.9 Å². The second-order valence-electron chi connectivity index (χ2n) is 3.73. The molecule has 0 spiro atoms. The summed E-state index contributed by atoms with van der Waals surface area (Å²) >= 11 is 0. The molecule has 0 radical (unpaired) electrons. The number of ether oxygens (including phenoxy) is 4. The van der Waals surface area contributed by atoms with E-state index in [1.807, 2.05) is 0 Å². The minimum atomic E-state index is -0.515. The van der Waals surface area contributed by atoms with Crippen LogP contribution in [0, 0.1) is 0 Å². The maximum atomic E-state index is 5.58. The number of rotatable bonds is 11. The van der Waals surface area contributed by atoms with Crippen molar-refractivity contribution in [3.8, 4) is 0 Å². The zero-order valence-electron chi connectivity index (χ0n) is 10.1. The Bertz CT molecular complexity index is 165. The van der Waals surface area contributed by atoms with E-state index in [1.165, 1.54) is 0 Å². The first-order chi connectivity index (χ1) is 7.86. The number of epoxide rings is 1. The third-order valence-electron chi connectivity index (χ3n) is 2.26. The lowest BCUT2D eigenvalue weighted by molar-refractivity contribution is -0.0929. The van der Waals surface area contributed by atoms with Crippen molar-refractivity contribution < 1.29 is 23.4 Å². The minimum absolute atomic E-state index is 0.197. The fraction of sp³-hybridized carbons (Fsp3) is 1.00. The maximum Gasteiger partial charge on any atom is 0.170 e. The lowest BCUT2D eigenvalue weighted by Crippen LogP contribution is -2.23. The Kier molecular flexibility index (Phi) is 8.00. The summed E-state index contributed by atoms with van der Waals surface area (Å²) in [5, 5.41) is 0. The summed E-state index contributed by atoms with van der Waals surface area (Å²) in [6.45, 7) is 2.91. The average Bonchev–Trinajstić information content (AvgIpc) is 3.10. The van der Waals surface area contributed by atoms with Gasteiger partial charge in [0.15, 0.2) is 16.1 Å². The molecule has 1 saturated heterocycles. The summed E-state index contributed by atoms with van der Waals surface area (Å²) in [4.78, 5) is 0. The van der Waals surface area contributed by atoms with E-state index < -0.39 is 9.76 Å². The Morgan fingerprint density at radius 3 is 2.88 bits per heavy atom. The molecule has 1 heterocycles. The fourth-order valence-corrected chi connectivity index (χ4v) is 2.29. The Hall–Kier alpha value is 0.0169. The van der Waals surface area contributed by atoms with E-state index in [2.05, 4.69) is 0 Å². The standard InChI is InChI=1S/C10H22O5Si/c1-11-8-10(12-2)15-16-5-3-4-13-6-9-7-14-9/h9-10H,3-8,16H2,1-2H3. The van der Waals surface area contributed by atoms with E-state index in [4.69, 9.17) is 23.4 Å². The van der Waals surface area contributed by atoms with Gasteiger partial charge in [0.2, 0.25) is 0 Å². The van der Waals surface area contributed by atoms with Gasteiger partial charge < -0.3 is 23.4 Å². The van der Waals surface area contributed by atoms with E-state index in [0.717, 1.165) is 32.3 Å². The lowest BCUT2D eigenvalue weighted by atomic mass is 10.5. The molecule has 5 nitrogen and oxygen atoms in total. The summed E-state index contributed by atoms with van der Waals surface area (Å²) in [6, 6.07) is 1.11. The Morgan fingerprint density at radius 1 is 1.44 bits per heavy atom. The molecular formula is C10H22O5Si. The second kappa shape index (κ2) is 9.09. The summed E-state index contributed by atoms with van der Waals surface area (Å²) in [5.74, 6) is 0. The molecule has 0 N–H and O–H groups in total. The molecule has 96 valence electrons. The fourth-order valence-electron chi connectivity index (χ4n) is 1.22. The number of methoxy groups -OCH3 is 2. The molecule has 1 rings (SSSR count). The van der Waals surface area contributed by atoms with Gasteiger partial charge in [-0.05, 0) is 12.5 Å². The van der Waals surface area contributed by atoms with Gasteiger partial charge in [0.25, 0.3) is 0 Å². The van der Waals surface area contributed by atoms with Crippen LogP contribution < -0.4 is 0 Å². The van der Waals surface area contributed by atoms with Gasteiger partial charge in [-0.3, -0.25) is 0 Å². The van der Waals surface area contributed by atoms with Crippen molar-refractivity contribution in [2.75, 3.05) is 40.6 Å². The van der Waals surface area contributed by atoms with Crippen molar-refractivity contribution in [1.82, 2.24) is 0 Å². The van der Waals surface area contributed by atoms with Gasteiger partial charge >= 0.3 is 0 Å². The summed E-state index contributed by atoms with van der Waals surface area (Å²) in [7, 11) is 2.76. The zero-order chi connectivity index (χ0) is 11.6. The SMILES string of the molecule is COCC(OC)O[SiH2]CCCOCC1CO1. The average molecular weight is 250 g/mol. The van der Waals surface area contributed by atoms with Crippen LogP contribution in [0.15, 0.2) is 0 Å². The molecule has 1 fully saturated rings. The first kappa shape index (κ1) is 14.1. The highest BCUT2D eigenvalue weighted by Crippen LogP contribution is 2.08. The summed E-state index contributed by atoms with van der Waals surface area (Å²) in [6.07, 6.45) is 1.23. The van der Waals surface area contributed by atoms with E-state index in [1.54, 1.807) is 14.2 Å². The predicted octanol–water partition coefficient (Wildman–Crippen LogP) is -0.0705. The molecule has 0 amide bonds. The largest absolute Gasteiger partial charge is 0.398 e. The van der Waals surface area contributed by atoms with Gasteiger partial charge in [-0.1, -0.05) is 0 Å². The third-order valence-corrected chi connectivity index (χ3v) is 3.65. The van der Waals surface area contributed by atoms with E-state index in [-0.39, 0.29) is 6.29 Å². The molecule has 16 heavy (non-hydrogen) atoms. The summed E-state index contributed by atoms with van der Waals surface area (Å²) in [5.41, 5.74) is 0. The smallest absolute Gasteiger partial charge is 0.170 e. The molecule has 1 aliphatic heterocycles. The van der Waals surface area contributed by atoms with Gasteiger partial charge in [0.05, 0.1) is 19.8 Å². The topological polar surface area (TPSA) is 49.5 Å². The minimum Gasteiger partial charge on any atom is -0.398 e. The van der Waals surface area contributed by atoms with Crippen molar-refractivity contribution in [3.05, 3.63) is 0 Å². The second-order valence-corrected chi connectivity index (χ2v) is 5.18. The quantitative estimate of drug-likeness (QED) is 0.222. The predicted molar refractivity (Wildman–Crippen MR) is 62.3 cm³/mol. The zero-order valence-corrected chi connectivity index (χ0v) is 11.6. The first-order valence-electron chi connectivity index (χ1n) is 5.69. The highest BCUT2D eigenvalue weighted by molar-refractivity contribution is 6.27. The van der Waals surface area contributed by atoms with Crippen LogP contribution in [-0.2, 0) is 23.4 Å². The van der Waals surface area contributed by atoms with Gasteiger partial charge in [-0.15, -0.1) is 0 Å². The van der Waals surface area contributed by atoms with Crippen LogP contribution in [0.1, 0.15) is 6.42 Å². The molecule has 0 aromatic rings. The number of hydrogen-bond acceptors (Lipinski definition) is 5.